The molecule has 1 aliphatic heterocycles. The summed E-state index contributed by atoms with van der Waals surface area (Å²) in [7, 11) is -2.48. The molecule has 1 saturated heterocycles. The Kier molecular flexibility index (Phi) is 5.10. The summed E-state index contributed by atoms with van der Waals surface area (Å²) in [6.45, 7) is 0.613. The molecule has 2 heterocycles. The van der Waals surface area contributed by atoms with E-state index in [4.69, 9.17) is 0 Å². The van der Waals surface area contributed by atoms with Gasteiger partial charge in [0.05, 0.1) is 6.20 Å². The van der Waals surface area contributed by atoms with E-state index in [9.17, 15) is 21.6 Å². The van der Waals surface area contributed by atoms with E-state index in [0.29, 0.717) is 13.1 Å². The zero-order valence-corrected chi connectivity index (χ0v) is 12.8. The molecule has 11 heteroatoms. The molecule has 1 aromatic rings. The summed E-state index contributed by atoms with van der Waals surface area (Å²) in [5.41, 5.74) is 0. The maximum absolute atomic E-state index is 13.2. The number of rotatable bonds is 5. The lowest BCUT2D eigenvalue weighted by Gasteiger charge is -2.35. The number of nitrogens with one attached hydrogen (secondary N) is 2. The fourth-order valence-corrected chi connectivity index (χ4v) is 3.28. The molecule has 0 bridgehead atoms. The molecule has 1 fully saturated rings. The molecule has 0 spiro atoms. The maximum atomic E-state index is 13.2. The van der Waals surface area contributed by atoms with Gasteiger partial charge < -0.3 is 5.32 Å². The van der Waals surface area contributed by atoms with Gasteiger partial charge in [0.1, 0.15) is 10.9 Å². The van der Waals surface area contributed by atoms with Crippen LogP contribution in [0.5, 0.6) is 0 Å². The quantitative estimate of drug-likeness (QED) is 0.757. The van der Waals surface area contributed by atoms with Gasteiger partial charge in [-0.05, 0) is 0 Å². The van der Waals surface area contributed by atoms with Gasteiger partial charge in [-0.15, -0.1) is 0 Å². The normalized spacial score (nSPS) is 19.3. The number of piperazine rings is 1. The van der Waals surface area contributed by atoms with Crippen molar-refractivity contribution in [1.82, 2.24) is 24.7 Å². The van der Waals surface area contributed by atoms with Crippen LogP contribution in [0, 0.1) is 0 Å². The Morgan fingerprint density at radius 2 is 2.05 bits per heavy atom. The topological polar surface area (TPSA) is 79.3 Å². The van der Waals surface area contributed by atoms with Gasteiger partial charge in [-0.3, -0.25) is 9.58 Å². The molecule has 2 N–H and O–H groups in total. The van der Waals surface area contributed by atoms with Crippen molar-refractivity contribution in [2.45, 2.75) is 17.1 Å². The number of hydrogen-bond donors (Lipinski definition) is 2. The lowest BCUT2D eigenvalue weighted by molar-refractivity contribution is -0.182. The number of alkyl halides is 3. The molecular weight excluding hydrogens is 323 g/mol. The van der Waals surface area contributed by atoms with Gasteiger partial charge in [-0.25, -0.2) is 13.1 Å². The Morgan fingerprint density at radius 1 is 1.41 bits per heavy atom. The molecule has 0 aromatic carbocycles. The van der Waals surface area contributed by atoms with E-state index >= 15 is 0 Å². The van der Waals surface area contributed by atoms with Gasteiger partial charge in [-0.1, -0.05) is 0 Å². The van der Waals surface area contributed by atoms with Crippen LogP contribution in [0.15, 0.2) is 17.3 Å². The third-order valence-corrected chi connectivity index (χ3v) is 4.81. The van der Waals surface area contributed by atoms with Crippen molar-refractivity contribution < 1.29 is 21.6 Å². The largest absolute Gasteiger partial charge is 0.405 e. The summed E-state index contributed by atoms with van der Waals surface area (Å²) in [6, 6.07) is -1.85. The van der Waals surface area contributed by atoms with E-state index in [0.717, 1.165) is 6.20 Å². The Hall–Kier alpha value is -1.17. The monoisotopic (exact) mass is 341 g/mol. The summed E-state index contributed by atoms with van der Waals surface area (Å²) in [4.78, 5) is 1.08. The minimum Gasteiger partial charge on any atom is -0.314 e. The summed E-state index contributed by atoms with van der Waals surface area (Å²) in [5.74, 6) is 0. The highest BCUT2D eigenvalue weighted by molar-refractivity contribution is 7.89. The van der Waals surface area contributed by atoms with Crippen LogP contribution in [-0.2, 0) is 17.1 Å². The molecule has 1 aliphatic rings. The average Bonchev–Trinajstić information content (AvgIpc) is 2.86. The van der Waals surface area contributed by atoms with Crippen molar-refractivity contribution in [2.75, 3.05) is 32.7 Å². The second-order valence-electron chi connectivity index (χ2n) is 5.04. The van der Waals surface area contributed by atoms with Crippen LogP contribution in [0.2, 0.25) is 0 Å². The van der Waals surface area contributed by atoms with Crippen LogP contribution in [-0.4, -0.2) is 68.0 Å². The fourth-order valence-electron chi connectivity index (χ4n) is 2.26. The first kappa shape index (κ1) is 17.2. The lowest BCUT2D eigenvalue weighted by Crippen LogP contribution is -2.57. The van der Waals surface area contributed by atoms with E-state index in [-0.39, 0.29) is 18.0 Å². The minimum atomic E-state index is -4.51. The van der Waals surface area contributed by atoms with Crippen molar-refractivity contribution in [2.24, 2.45) is 7.05 Å². The van der Waals surface area contributed by atoms with Crippen molar-refractivity contribution in [3.8, 4) is 0 Å². The number of halogens is 3. The van der Waals surface area contributed by atoms with Crippen LogP contribution in [0.4, 0.5) is 13.2 Å². The van der Waals surface area contributed by atoms with Crippen molar-refractivity contribution >= 4 is 10.0 Å². The van der Waals surface area contributed by atoms with Gasteiger partial charge in [0.2, 0.25) is 10.0 Å². The summed E-state index contributed by atoms with van der Waals surface area (Å²) < 4.78 is 66.8. The molecule has 7 nitrogen and oxygen atoms in total. The van der Waals surface area contributed by atoms with Gasteiger partial charge in [0.15, 0.2) is 0 Å². The standard InChI is InChI=1S/C11H18F3N5O2S/c1-18-8-9(6-16-18)22(20,21)17-7-10(11(12,13)14)19-4-2-15-3-5-19/h6,8,10,15,17H,2-5,7H2,1H3. The SMILES string of the molecule is Cn1cc(S(=O)(=O)NCC(N2CCNCC2)C(F)(F)F)cn1. The first-order valence-corrected chi connectivity index (χ1v) is 8.18. The summed E-state index contributed by atoms with van der Waals surface area (Å²) >= 11 is 0. The molecule has 22 heavy (non-hydrogen) atoms. The molecule has 0 saturated carbocycles. The molecular formula is C11H18F3N5O2S. The number of sulfonamides is 1. The second-order valence-corrected chi connectivity index (χ2v) is 6.81. The molecule has 1 aromatic heterocycles. The predicted molar refractivity (Wildman–Crippen MR) is 72.7 cm³/mol. The fraction of sp³-hybridized carbons (Fsp3) is 0.727. The van der Waals surface area contributed by atoms with Crippen molar-refractivity contribution in [3.63, 3.8) is 0 Å². The molecule has 0 amide bonds. The Labute approximate surface area is 126 Å². The lowest BCUT2D eigenvalue weighted by atomic mass is 10.2. The molecule has 0 aliphatic carbocycles. The first-order chi connectivity index (χ1) is 10.2. The molecule has 1 atom stereocenters. The molecule has 1 unspecified atom stereocenters. The van der Waals surface area contributed by atoms with E-state index in [1.165, 1.54) is 22.8 Å². The number of aromatic nitrogens is 2. The number of hydrogen-bond acceptors (Lipinski definition) is 5. The highest BCUT2D eigenvalue weighted by atomic mass is 32.2. The minimum absolute atomic E-state index is 0.156. The van der Waals surface area contributed by atoms with E-state index in [2.05, 4.69) is 10.4 Å². The van der Waals surface area contributed by atoms with E-state index in [1.807, 2.05) is 4.72 Å². The van der Waals surface area contributed by atoms with Crippen LogP contribution in [0.25, 0.3) is 0 Å². The Morgan fingerprint density at radius 3 is 2.55 bits per heavy atom. The zero-order chi connectivity index (χ0) is 16.4. The van der Waals surface area contributed by atoms with Crippen molar-refractivity contribution in [3.05, 3.63) is 12.4 Å². The Bertz CT molecular complexity index is 595. The Balaban J connectivity index is 2.07. The number of aryl methyl sites for hydroxylation is 1. The smallest absolute Gasteiger partial charge is 0.314 e. The summed E-state index contributed by atoms with van der Waals surface area (Å²) in [5, 5.41) is 6.67. The first-order valence-electron chi connectivity index (χ1n) is 6.70. The van der Waals surface area contributed by atoms with Crippen LogP contribution in [0.3, 0.4) is 0 Å². The van der Waals surface area contributed by atoms with Gasteiger partial charge in [0, 0.05) is 46.0 Å². The molecule has 2 rings (SSSR count). The van der Waals surface area contributed by atoms with Crippen LogP contribution in [0.1, 0.15) is 0 Å². The second kappa shape index (κ2) is 6.52. The third-order valence-electron chi connectivity index (χ3n) is 3.43. The van der Waals surface area contributed by atoms with Gasteiger partial charge in [-0.2, -0.15) is 18.3 Å². The summed E-state index contributed by atoms with van der Waals surface area (Å²) in [6.07, 6.45) is -2.18. The predicted octanol–water partition coefficient (Wildman–Crippen LogP) is -0.465. The van der Waals surface area contributed by atoms with E-state index in [1.54, 1.807) is 0 Å². The van der Waals surface area contributed by atoms with Crippen molar-refractivity contribution in [1.29, 1.82) is 0 Å². The highest BCUT2D eigenvalue weighted by Gasteiger charge is 2.44. The molecule has 126 valence electrons. The number of nitrogens with zero attached hydrogens (tertiary/aromatic N) is 3. The highest BCUT2D eigenvalue weighted by Crippen LogP contribution is 2.25. The third kappa shape index (κ3) is 4.18. The van der Waals surface area contributed by atoms with E-state index < -0.39 is 28.8 Å². The maximum Gasteiger partial charge on any atom is 0.405 e. The average molecular weight is 341 g/mol. The van der Waals surface area contributed by atoms with Crippen LogP contribution >= 0.6 is 0 Å². The zero-order valence-electron chi connectivity index (χ0n) is 12.0. The molecule has 0 radical (unpaired) electrons. The van der Waals surface area contributed by atoms with Gasteiger partial charge >= 0.3 is 6.18 Å². The van der Waals surface area contributed by atoms with Gasteiger partial charge in [0.25, 0.3) is 0 Å². The van der Waals surface area contributed by atoms with Crippen LogP contribution < -0.4 is 10.0 Å².